The number of fused-ring (bicyclic) bond motifs is 1. The van der Waals surface area contributed by atoms with Crippen LogP contribution in [0.15, 0.2) is 40.9 Å². The zero-order valence-corrected chi connectivity index (χ0v) is 18.5. The first kappa shape index (κ1) is 21.7. The van der Waals surface area contributed by atoms with Gasteiger partial charge in [0.25, 0.3) is 5.89 Å². The summed E-state index contributed by atoms with van der Waals surface area (Å²) in [5.41, 5.74) is 4.40. The number of nitrogens with zero attached hydrogens (tertiary/aromatic N) is 3. The predicted molar refractivity (Wildman–Crippen MR) is 120 cm³/mol. The van der Waals surface area contributed by atoms with Crippen molar-refractivity contribution in [2.45, 2.75) is 52.2 Å². The third kappa shape index (κ3) is 4.56. The molecule has 4 rings (SSSR count). The van der Waals surface area contributed by atoms with E-state index in [0.29, 0.717) is 35.1 Å². The third-order valence-electron chi connectivity index (χ3n) is 5.48. The molecular weight excluding hydrogens is 404 g/mol. The molecular formula is C25H26N4O3. The molecule has 1 aliphatic rings. The number of Topliss-reactive ketones (excluding diaryl/α,β-unsaturated/α-hetero) is 1. The summed E-state index contributed by atoms with van der Waals surface area (Å²) in [6.07, 6.45) is 2.91. The van der Waals surface area contributed by atoms with Crippen LogP contribution in [-0.2, 0) is 11.2 Å². The zero-order chi connectivity index (χ0) is 22.7. The van der Waals surface area contributed by atoms with Gasteiger partial charge >= 0.3 is 0 Å². The van der Waals surface area contributed by atoms with Crippen LogP contribution in [0.5, 0.6) is 5.75 Å². The topological polar surface area (TPSA) is 101 Å². The van der Waals surface area contributed by atoms with E-state index in [1.54, 1.807) is 19.1 Å². The van der Waals surface area contributed by atoms with Crippen LogP contribution in [0.2, 0.25) is 0 Å². The SMILES string of the molecule is CC(=O)CN[C@H]1CCCc2c(-c3noc(-c4ccc(OC(C)C)c(C#N)c4)n3)cccc21. The first-order chi connectivity index (χ1) is 15.5. The summed E-state index contributed by atoms with van der Waals surface area (Å²) < 4.78 is 11.2. The van der Waals surface area contributed by atoms with E-state index < -0.39 is 0 Å². The van der Waals surface area contributed by atoms with Gasteiger partial charge in [0.2, 0.25) is 5.82 Å². The highest BCUT2D eigenvalue weighted by Crippen LogP contribution is 2.36. The Bertz CT molecular complexity index is 1180. The van der Waals surface area contributed by atoms with Crippen molar-refractivity contribution in [2.24, 2.45) is 0 Å². The number of hydrogen-bond acceptors (Lipinski definition) is 7. The van der Waals surface area contributed by atoms with E-state index in [0.717, 1.165) is 24.8 Å². The molecule has 7 heteroatoms. The first-order valence-electron chi connectivity index (χ1n) is 10.9. The number of rotatable bonds is 7. The molecule has 0 radical (unpaired) electrons. The number of carbonyl (C=O) groups excluding carboxylic acids is 1. The minimum absolute atomic E-state index is 0.0269. The van der Waals surface area contributed by atoms with Crippen LogP contribution in [-0.4, -0.2) is 28.6 Å². The molecule has 1 atom stereocenters. The lowest BCUT2D eigenvalue weighted by molar-refractivity contribution is -0.116. The molecule has 7 nitrogen and oxygen atoms in total. The van der Waals surface area contributed by atoms with Crippen molar-refractivity contribution >= 4 is 5.78 Å². The second-order valence-electron chi connectivity index (χ2n) is 8.31. The highest BCUT2D eigenvalue weighted by Gasteiger charge is 2.24. The summed E-state index contributed by atoms with van der Waals surface area (Å²) in [6.45, 7) is 5.78. The maximum Gasteiger partial charge on any atom is 0.258 e. The molecule has 0 fully saturated rings. The van der Waals surface area contributed by atoms with Gasteiger partial charge in [0.05, 0.1) is 18.2 Å². The van der Waals surface area contributed by atoms with Gasteiger partial charge in [-0.2, -0.15) is 10.2 Å². The Hall–Kier alpha value is -3.50. The molecule has 32 heavy (non-hydrogen) atoms. The molecule has 0 bridgehead atoms. The van der Waals surface area contributed by atoms with Gasteiger partial charge in [-0.05, 0) is 69.4 Å². The van der Waals surface area contributed by atoms with Crippen molar-refractivity contribution in [3.05, 3.63) is 53.1 Å². The van der Waals surface area contributed by atoms with Crippen molar-refractivity contribution in [1.29, 1.82) is 5.26 Å². The molecule has 1 aromatic heterocycles. The highest BCUT2D eigenvalue weighted by atomic mass is 16.5. The lowest BCUT2D eigenvalue weighted by atomic mass is 9.84. The van der Waals surface area contributed by atoms with Crippen molar-refractivity contribution in [1.82, 2.24) is 15.5 Å². The fraction of sp³-hybridized carbons (Fsp3) is 0.360. The molecule has 1 N–H and O–H groups in total. The molecule has 1 heterocycles. The van der Waals surface area contributed by atoms with Crippen LogP contribution in [0.25, 0.3) is 22.8 Å². The largest absolute Gasteiger partial charge is 0.490 e. The maximum atomic E-state index is 11.4. The van der Waals surface area contributed by atoms with Crippen molar-refractivity contribution in [3.8, 4) is 34.7 Å². The summed E-state index contributed by atoms with van der Waals surface area (Å²) in [5.74, 6) is 1.53. The molecule has 0 saturated carbocycles. The third-order valence-corrected chi connectivity index (χ3v) is 5.48. The van der Waals surface area contributed by atoms with Gasteiger partial charge in [0, 0.05) is 17.2 Å². The van der Waals surface area contributed by atoms with E-state index in [4.69, 9.17) is 9.26 Å². The first-order valence-corrected chi connectivity index (χ1v) is 10.9. The van der Waals surface area contributed by atoms with E-state index in [9.17, 15) is 10.1 Å². The van der Waals surface area contributed by atoms with Crippen LogP contribution < -0.4 is 10.1 Å². The van der Waals surface area contributed by atoms with Crippen LogP contribution in [0.1, 0.15) is 56.3 Å². The molecule has 0 amide bonds. The van der Waals surface area contributed by atoms with Crippen LogP contribution in [0.4, 0.5) is 0 Å². The van der Waals surface area contributed by atoms with Crippen molar-refractivity contribution in [3.63, 3.8) is 0 Å². The number of aromatic nitrogens is 2. The Morgan fingerprint density at radius 1 is 1.34 bits per heavy atom. The number of carbonyl (C=O) groups is 1. The van der Waals surface area contributed by atoms with Gasteiger partial charge in [-0.3, -0.25) is 4.79 Å². The van der Waals surface area contributed by atoms with E-state index in [-0.39, 0.29) is 17.9 Å². The Labute approximate surface area is 187 Å². The minimum Gasteiger partial charge on any atom is -0.490 e. The monoisotopic (exact) mass is 430 g/mol. The molecule has 2 aromatic carbocycles. The molecule has 3 aromatic rings. The van der Waals surface area contributed by atoms with Gasteiger partial charge in [-0.15, -0.1) is 0 Å². The second-order valence-corrected chi connectivity index (χ2v) is 8.31. The Balaban J connectivity index is 1.64. The van der Waals surface area contributed by atoms with E-state index in [2.05, 4.69) is 27.6 Å². The zero-order valence-electron chi connectivity index (χ0n) is 18.5. The number of benzene rings is 2. The number of nitriles is 1. The predicted octanol–water partition coefficient (Wildman–Crippen LogP) is 4.62. The van der Waals surface area contributed by atoms with Gasteiger partial charge in [-0.25, -0.2) is 0 Å². The van der Waals surface area contributed by atoms with Crippen LogP contribution in [0.3, 0.4) is 0 Å². The fourth-order valence-corrected chi connectivity index (χ4v) is 4.09. The normalized spacial score (nSPS) is 15.3. The average Bonchev–Trinajstić information content (AvgIpc) is 3.27. The van der Waals surface area contributed by atoms with E-state index >= 15 is 0 Å². The van der Waals surface area contributed by atoms with Crippen LogP contribution >= 0.6 is 0 Å². The van der Waals surface area contributed by atoms with E-state index in [1.807, 2.05) is 32.0 Å². The molecule has 0 unspecified atom stereocenters. The quantitative estimate of drug-likeness (QED) is 0.584. The molecule has 1 aliphatic carbocycles. The number of ether oxygens (including phenoxy) is 1. The molecule has 164 valence electrons. The number of nitrogens with one attached hydrogen (secondary N) is 1. The van der Waals surface area contributed by atoms with Crippen molar-refractivity contribution in [2.75, 3.05) is 6.54 Å². The van der Waals surface area contributed by atoms with Gasteiger partial charge < -0.3 is 14.6 Å². The molecule has 0 aliphatic heterocycles. The highest BCUT2D eigenvalue weighted by molar-refractivity contribution is 5.77. The van der Waals surface area contributed by atoms with Gasteiger partial charge in [-0.1, -0.05) is 23.4 Å². The lowest BCUT2D eigenvalue weighted by Gasteiger charge is -2.27. The fourth-order valence-electron chi connectivity index (χ4n) is 4.09. The lowest BCUT2D eigenvalue weighted by Crippen LogP contribution is -2.29. The van der Waals surface area contributed by atoms with Crippen molar-refractivity contribution < 1.29 is 14.1 Å². The smallest absolute Gasteiger partial charge is 0.258 e. The summed E-state index contributed by atoms with van der Waals surface area (Å²) in [6, 6.07) is 13.7. The second kappa shape index (κ2) is 9.33. The van der Waals surface area contributed by atoms with Gasteiger partial charge in [0.15, 0.2) is 0 Å². The summed E-state index contributed by atoms with van der Waals surface area (Å²) >= 11 is 0. The Morgan fingerprint density at radius 3 is 2.94 bits per heavy atom. The maximum absolute atomic E-state index is 11.4. The number of hydrogen-bond donors (Lipinski definition) is 1. The Morgan fingerprint density at radius 2 is 2.19 bits per heavy atom. The summed E-state index contributed by atoms with van der Waals surface area (Å²) in [4.78, 5) is 16.0. The van der Waals surface area contributed by atoms with Crippen LogP contribution in [0, 0.1) is 11.3 Å². The summed E-state index contributed by atoms with van der Waals surface area (Å²) in [7, 11) is 0. The molecule has 0 saturated heterocycles. The number of ketones is 1. The minimum atomic E-state index is -0.0269. The van der Waals surface area contributed by atoms with E-state index in [1.165, 1.54) is 11.1 Å². The average molecular weight is 431 g/mol. The van der Waals surface area contributed by atoms with Gasteiger partial charge in [0.1, 0.15) is 17.6 Å². The summed E-state index contributed by atoms with van der Waals surface area (Å²) in [5, 5.41) is 17.1. The standard InChI is InChI=1S/C25H26N4O3/c1-15(2)31-23-11-10-17(12-18(23)13-26)25-28-24(29-32-25)21-8-4-7-20-19(21)6-5-9-22(20)27-14-16(3)30/h4,7-8,10-12,15,22,27H,5-6,9,14H2,1-3H3/t22-/m0/s1. The Kier molecular flexibility index (Phi) is 6.33. The molecule has 0 spiro atoms.